The number of carbonyl (C=O) groups excluding carboxylic acids is 1. The minimum atomic E-state index is -0.129. The predicted octanol–water partition coefficient (Wildman–Crippen LogP) is 2.15. The highest BCUT2D eigenvalue weighted by atomic mass is 16.1. The summed E-state index contributed by atoms with van der Waals surface area (Å²) in [5, 5.41) is 15.8. The Balaban J connectivity index is 1.44. The highest BCUT2D eigenvalue weighted by Gasteiger charge is 2.15. The van der Waals surface area contributed by atoms with Gasteiger partial charge in [-0.1, -0.05) is 12.1 Å². The first kappa shape index (κ1) is 18.1. The van der Waals surface area contributed by atoms with Gasteiger partial charge in [-0.2, -0.15) is 5.10 Å². The Morgan fingerprint density at radius 1 is 1.18 bits per heavy atom. The second kappa shape index (κ2) is 8.16. The van der Waals surface area contributed by atoms with E-state index in [1.54, 1.807) is 17.1 Å². The third-order valence-electron chi connectivity index (χ3n) is 4.81. The molecule has 144 valence electrons. The molecule has 1 unspecified atom stereocenters. The average molecular weight is 377 g/mol. The van der Waals surface area contributed by atoms with E-state index in [0.717, 1.165) is 30.2 Å². The van der Waals surface area contributed by atoms with Crippen LogP contribution in [0.15, 0.2) is 49.1 Å². The molecule has 1 fully saturated rings. The van der Waals surface area contributed by atoms with E-state index in [1.807, 2.05) is 37.3 Å². The summed E-state index contributed by atoms with van der Waals surface area (Å²) in [5.74, 6) is 0.785. The van der Waals surface area contributed by atoms with Gasteiger partial charge in [0, 0.05) is 30.3 Å². The fourth-order valence-electron chi connectivity index (χ4n) is 3.37. The van der Waals surface area contributed by atoms with Crippen molar-refractivity contribution in [1.29, 1.82) is 0 Å². The molecule has 1 N–H and O–H groups in total. The number of benzene rings is 1. The third-order valence-corrected chi connectivity index (χ3v) is 4.81. The van der Waals surface area contributed by atoms with E-state index in [0.29, 0.717) is 12.1 Å². The van der Waals surface area contributed by atoms with Crippen molar-refractivity contribution in [2.45, 2.75) is 32.4 Å². The van der Waals surface area contributed by atoms with E-state index in [1.165, 1.54) is 19.2 Å². The van der Waals surface area contributed by atoms with Crippen LogP contribution in [0.2, 0.25) is 0 Å². The molecule has 1 atom stereocenters. The Morgan fingerprint density at radius 3 is 2.75 bits per heavy atom. The van der Waals surface area contributed by atoms with Gasteiger partial charge in [-0.25, -0.2) is 4.98 Å². The Morgan fingerprint density at radius 2 is 2.04 bits per heavy atom. The average Bonchev–Trinajstić information content (AvgIpc) is 3.42. The molecule has 3 heterocycles. The van der Waals surface area contributed by atoms with Crippen LogP contribution in [0.25, 0.3) is 11.3 Å². The van der Waals surface area contributed by atoms with E-state index in [9.17, 15) is 4.79 Å². The van der Waals surface area contributed by atoms with Crippen LogP contribution in [0.1, 0.15) is 30.1 Å². The zero-order valence-electron chi connectivity index (χ0n) is 15.8. The smallest absolute Gasteiger partial charge is 0.251 e. The molecule has 1 aromatic carbocycles. The van der Waals surface area contributed by atoms with E-state index in [2.05, 4.69) is 30.5 Å². The lowest BCUT2D eigenvalue weighted by Gasteiger charge is -2.15. The Bertz CT molecular complexity index is 918. The first-order chi connectivity index (χ1) is 13.7. The minimum absolute atomic E-state index is 0.0719. The number of rotatable bonds is 6. The second-order valence-corrected chi connectivity index (χ2v) is 7.04. The predicted molar refractivity (Wildman–Crippen MR) is 106 cm³/mol. The Hall–Kier alpha value is -3.29. The van der Waals surface area contributed by atoms with Gasteiger partial charge >= 0.3 is 0 Å². The molecular formula is C20H23N7O. The summed E-state index contributed by atoms with van der Waals surface area (Å²) >= 11 is 0. The summed E-state index contributed by atoms with van der Waals surface area (Å²) in [7, 11) is 0. The number of nitrogens with one attached hydrogen (secondary N) is 1. The van der Waals surface area contributed by atoms with Crippen molar-refractivity contribution in [3.8, 4) is 11.3 Å². The minimum Gasteiger partial charge on any atom is -0.355 e. The lowest BCUT2D eigenvalue weighted by molar-refractivity contribution is 0.0936. The van der Waals surface area contributed by atoms with E-state index >= 15 is 0 Å². The van der Waals surface area contributed by atoms with Crippen molar-refractivity contribution in [2.75, 3.05) is 18.0 Å². The van der Waals surface area contributed by atoms with Crippen molar-refractivity contribution < 1.29 is 4.79 Å². The van der Waals surface area contributed by atoms with Gasteiger partial charge in [0.15, 0.2) is 5.82 Å². The van der Waals surface area contributed by atoms with Gasteiger partial charge in [-0.3, -0.25) is 9.48 Å². The number of nitrogens with zero attached hydrogens (tertiary/aromatic N) is 6. The first-order valence-corrected chi connectivity index (χ1v) is 9.51. The van der Waals surface area contributed by atoms with Crippen LogP contribution in [0.4, 0.5) is 5.82 Å². The van der Waals surface area contributed by atoms with Gasteiger partial charge in [0.2, 0.25) is 0 Å². The van der Waals surface area contributed by atoms with Crippen LogP contribution >= 0.6 is 0 Å². The SMILES string of the molecule is CC(Cn1cncn1)NC(=O)c1cccc(-c2ccc(N3CCCC3)nn2)c1. The molecule has 0 bridgehead atoms. The molecule has 8 nitrogen and oxygen atoms in total. The van der Waals surface area contributed by atoms with Crippen LogP contribution in [-0.4, -0.2) is 50.0 Å². The topological polar surface area (TPSA) is 88.8 Å². The van der Waals surface area contributed by atoms with Crippen molar-refractivity contribution in [2.24, 2.45) is 0 Å². The molecule has 0 radical (unpaired) electrons. The maximum Gasteiger partial charge on any atom is 0.251 e. The molecular weight excluding hydrogens is 354 g/mol. The van der Waals surface area contributed by atoms with Gasteiger partial charge < -0.3 is 10.2 Å². The molecule has 0 saturated carbocycles. The zero-order valence-corrected chi connectivity index (χ0v) is 15.8. The molecule has 0 spiro atoms. The van der Waals surface area contributed by atoms with Gasteiger partial charge in [0.05, 0.1) is 12.2 Å². The maximum absolute atomic E-state index is 12.6. The van der Waals surface area contributed by atoms with Gasteiger partial charge in [0.1, 0.15) is 12.7 Å². The van der Waals surface area contributed by atoms with Crippen LogP contribution < -0.4 is 10.2 Å². The molecule has 8 heteroatoms. The fraction of sp³-hybridized carbons (Fsp3) is 0.350. The monoisotopic (exact) mass is 377 g/mol. The van der Waals surface area contributed by atoms with Crippen molar-refractivity contribution in [3.63, 3.8) is 0 Å². The van der Waals surface area contributed by atoms with E-state index in [4.69, 9.17) is 0 Å². The molecule has 1 amide bonds. The van der Waals surface area contributed by atoms with Crippen molar-refractivity contribution >= 4 is 11.7 Å². The highest BCUT2D eigenvalue weighted by molar-refractivity contribution is 5.95. The molecule has 0 aliphatic carbocycles. The third kappa shape index (κ3) is 4.16. The first-order valence-electron chi connectivity index (χ1n) is 9.51. The largest absolute Gasteiger partial charge is 0.355 e. The molecule has 2 aromatic heterocycles. The van der Waals surface area contributed by atoms with Gasteiger partial charge in [0.25, 0.3) is 5.91 Å². The van der Waals surface area contributed by atoms with E-state index < -0.39 is 0 Å². The van der Waals surface area contributed by atoms with Gasteiger partial charge in [-0.15, -0.1) is 10.2 Å². The lowest BCUT2D eigenvalue weighted by Crippen LogP contribution is -2.35. The molecule has 4 rings (SSSR count). The molecule has 1 aliphatic rings. The fourth-order valence-corrected chi connectivity index (χ4v) is 3.37. The summed E-state index contributed by atoms with van der Waals surface area (Å²) < 4.78 is 1.69. The zero-order chi connectivity index (χ0) is 19.3. The van der Waals surface area contributed by atoms with Crippen molar-refractivity contribution in [1.82, 2.24) is 30.3 Å². The standard InChI is InChI=1S/C20H23N7O/c1-15(12-27-14-21-13-22-27)23-20(28)17-6-4-5-16(11-17)18-7-8-19(25-24-18)26-9-2-3-10-26/h4-8,11,13-15H,2-3,9-10,12H2,1H3,(H,23,28). The molecule has 1 saturated heterocycles. The summed E-state index contributed by atoms with van der Waals surface area (Å²) in [4.78, 5) is 18.8. The molecule has 1 aliphatic heterocycles. The lowest BCUT2D eigenvalue weighted by atomic mass is 10.1. The normalized spacial score (nSPS) is 14.8. The Kier molecular flexibility index (Phi) is 5.27. The summed E-state index contributed by atoms with van der Waals surface area (Å²) in [5.41, 5.74) is 2.22. The summed E-state index contributed by atoms with van der Waals surface area (Å²) in [6.07, 6.45) is 5.52. The quantitative estimate of drug-likeness (QED) is 0.708. The summed E-state index contributed by atoms with van der Waals surface area (Å²) in [6.45, 7) is 4.58. The maximum atomic E-state index is 12.6. The molecule has 3 aromatic rings. The number of hydrogen-bond donors (Lipinski definition) is 1. The Labute approximate surface area is 163 Å². The van der Waals surface area contributed by atoms with E-state index in [-0.39, 0.29) is 11.9 Å². The number of aromatic nitrogens is 5. The number of carbonyl (C=O) groups is 1. The van der Waals surface area contributed by atoms with Crippen LogP contribution in [0.5, 0.6) is 0 Å². The van der Waals surface area contributed by atoms with Crippen LogP contribution in [0.3, 0.4) is 0 Å². The van der Waals surface area contributed by atoms with Crippen molar-refractivity contribution in [3.05, 3.63) is 54.6 Å². The molecule has 28 heavy (non-hydrogen) atoms. The van der Waals surface area contributed by atoms with Gasteiger partial charge in [-0.05, 0) is 44.0 Å². The number of amides is 1. The second-order valence-electron chi connectivity index (χ2n) is 7.04. The summed E-state index contributed by atoms with van der Waals surface area (Å²) in [6, 6.07) is 11.3. The van der Waals surface area contributed by atoms with Crippen LogP contribution in [0, 0.1) is 0 Å². The highest BCUT2D eigenvalue weighted by Crippen LogP contribution is 2.21. The number of hydrogen-bond acceptors (Lipinski definition) is 6. The number of anilines is 1. The van der Waals surface area contributed by atoms with Crippen LogP contribution in [-0.2, 0) is 6.54 Å².